The first-order valence-corrected chi connectivity index (χ1v) is 8.92. The van der Waals surface area contributed by atoms with Gasteiger partial charge in [0.1, 0.15) is 6.04 Å². The second-order valence-electron chi connectivity index (χ2n) is 6.85. The molecule has 0 aliphatic carbocycles. The van der Waals surface area contributed by atoms with Gasteiger partial charge in [-0.1, -0.05) is 35.4 Å². The number of amides is 1. The van der Waals surface area contributed by atoms with Crippen LogP contribution >= 0.6 is 0 Å². The molecule has 138 valence electrons. The molecule has 1 amide bonds. The lowest BCUT2D eigenvalue weighted by Gasteiger charge is -2.30. The van der Waals surface area contributed by atoms with E-state index in [1.54, 1.807) is 18.6 Å². The average Bonchev–Trinajstić information content (AvgIpc) is 2.62. The molecule has 27 heavy (non-hydrogen) atoms. The molecule has 5 heteroatoms. The highest BCUT2D eigenvalue weighted by atomic mass is 16.1. The second-order valence-corrected chi connectivity index (χ2v) is 6.85. The molecule has 0 fully saturated rings. The number of hydrogen-bond acceptors (Lipinski definition) is 4. The Balaban J connectivity index is 2.00. The summed E-state index contributed by atoms with van der Waals surface area (Å²) < 4.78 is 0. The summed E-state index contributed by atoms with van der Waals surface area (Å²) >= 11 is 0. The first-order valence-electron chi connectivity index (χ1n) is 8.92. The van der Waals surface area contributed by atoms with Gasteiger partial charge in [-0.2, -0.15) is 0 Å². The molecule has 5 nitrogen and oxygen atoms in total. The van der Waals surface area contributed by atoms with Crippen LogP contribution in [0.15, 0.2) is 67.3 Å². The lowest BCUT2D eigenvalue weighted by Crippen LogP contribution is -2.37. The van der Waals surface area contributed by atoms with Gasteiger partial charge in [0.05, 0.1) is 0 Å². The fourth-order valence-electron chi connectivity index (χ4n) is 3.41. The quantitative estimate of drug-likeness (QED) is 0.701. The number of benzene rings is 1. The van der Waals surface area contributed by atoms with Gasteiger partial charge in [0.25, 0.3) is 0 Å². The maximum atomic E-state index is 12.5. The van der Waals surface area contributed by atoms with E-state index in [9.17, 15) is 4.79 Å². The highest BCUT2D eigenvalue weighted by molar-refractivity contribution is 5.81. The van der Waals surface area contributed by atoms with Crippen molar-refractivity contribution >= 4 is 5.91 Å². The zero-order chi connectivity index (χ0) is 19.2. The van der Waals surface area contributed by atoms with E-state index < -0.39 is 6.04 Å². The van der Waals surface area contributed by atoms with E-state index in [2.05, 4.69) is 20.9 Å². The zero-order valence-electron chi connectivity index (χ0n) is 15.7. The summed E-state index contributed by atoms with van der Waals surface area (Å²) in [6.07, 6.45) is 7.08. The van der Waals surface area contributed by atoms with Gasteiger partial charge in [0.2, 0.25) is 5.91 Å². The molecule has 0 saturated carbocycles. The van der Waals surface area contributed by atoms with Crippen molar-refractivity contribution in [2.24, 2.45) is 5.73 Å². The third kappa shape index (κ3) is 4.99. The standard InChI is InChI=1S/C22H24N4O/c1-16-10-17(2)12-20(11-16)21(22(23)27)26(14-18-5-8-24-9-6-18)15-19-4-3-7-25-13-19/h3-13,21H,14-15H2,1-2H3,(H2,23,27). The topological polar surface area (TPSA) is 72.1 Å². The van der Waals surface area contributed by atoms with Crippen LogP contribution in [0.2, 0.25) is 0 Å². The van der Waals surface area contributed by atoms with E-state index in [1.807, 2.05) is 56.4 Å². The number of carbonyl (C=O) groups excluding carboxylic acids is 1. The number of nitrogens with two attached hydrogens (primary N) is 1. The van der Waals surface area contributed by atoms with Crippen LogP contribution in [-0.2, 0) is 17.9 Å². The molecule has 2 heterocycles. The molecule has 1 atom stereocenters. The number of primary amides is 1. The van der Waals surface area contributed by atoms with E-state index in [0.717, 1.165) is 27.8 Å². The van der Waals surface area contributed by atoms with Crippen molar-refractivity contribution in [1.29, 1.82) is 0 Å². The SMILES string of the molecule is Cc1cc(C)cc(C(C(N)=O)N(Cc2ccncc2)Cc2cccnc2)c1. The van der Waals surface area contributed by atoms with Gasteiger partial charge in [-0.3, -0.25) is 19.7 Å². The summed E-state index contributed by atoms with van der Waals surface area (Å²) in [5, 5.41) is 0. The van der Waals surface area contributed by atoms with Crippen LogP contribution in [0.5, 0.6) is 0 Å². The Morgan fingerprint density at radius 2 is 1.63 bits per heavy atom. The van der Waals surface area contributed by atoms with Gasteiger partial charge in [0.15, 0.2) is 0 Å². The van der Waals surface area contributed by atoms with E-state index >= 15 is 0 Å². The van der Waals surface area contributed by atoms with E-state index in [4.69, 9.17) is 5.73 Å². The molecule has 1 unspecified atom stereocenters. The average molecular weight is 360 g/mol. The van der Waals surface area contributed by atoms with Gasteiger partial charge in [0, 0.05) is 37.9 Å². The summed E-state index contributed by atoms with van der Waals surface area (Å²) in [4.78, 5) is 22.9. The lowest BCUT2D eigenvalue weighted by atomic mass is 9.98. The van der Waals surface area contributed by atoms with Crippen molar-refractivity contribution in [3.8, 4) is 0 Å². The van der Waals surface area contributed by atoms with Crippen LogP contribution in [0.1, 0.15) is 33.9 Å². The van der Waals surface area contributed by atoms with Crippen LogP contribution in [-0.4, -0.2) is 20.8 Å². The fourth-order valence-corrected chi connectivity index (χ4v) is 3.41. The fraction of sp³-hybridized carbons (Fsp3) is 0.227. The summed E-state index contributed by atoms with van der Waals surface area (Å²) in [6, 6.07) is 13.4. The molecule has 0 radical (unpaired) electrons. The molecule has 0 bridgehead atoms. The van der Waals surface area contributed by atoms with Crippen LogP contribution in [0, 0.1) is 13.8 Å². The Labute approximate surface area is 159 Å². The maximum Gasteiger partial charge on any atom is 0.239 e. The Bertz CT molecular complexity index is 835. The van der Waals surface area contributed by atoms with Crippen LogP contribution < -0.4 is 5.73 Å². The molecule has 0 saturated heterocycles. The molecule has 1 aromatic carbocycles. The third-order valence-corrected chi connectivity index (χ3v) is 4.44. The normalized spacial score (nSPS) is 12.1. The molecule has 0 aliphatic heterocycles. The number of aryl methyl sites for hydroxylation is 2. The molecular weight excluding hydrogens is 336 g/mol. The predicted octanol–water partition coefficient (Wildman–Crippen LogP) is 3.32. The van der Waals surface area contributed by atoms with E-state index in [1.165, 1.54) is 0 Å². The van der Waals surface area contributed by atoms with Crippen LogP contribution in [0.3, 0.4) is 0 Å². The summed E-state index contributed by atoms with van der Waals surface area (Å²) in [7, 11) is 0. The summed E-state index contributed by atoms with van der Waals surface area (Å²) in [6.45, 7) is 5.21. The third-order valence-electron chi connectivity index (χ3n) is 4.44. The minimum absolute atomic E-state index is 0.363. The molecule has 2 aromatic heterocycles. The predicted molar refractivity (Wildman–Crippen MR) is 106 cm³/mol. The number of nitrogens with zero attached hydrogens (tertiary/aromatic N) is 3. The molecule has 3 aromatic rings. The molecule has 2 N–H and O–H groups in total. The maximum absolute atomic E-state index is 12.5. The van der Waals surface area contributed by atoms with Gasteiger partial charge in [-0.05, 0) is 48.7 Å². The monoisotopic (exact) mass is 360 g/mol. The minimum atomic E-state index is -0.531. The minimum Gasteiger partial charge on any atom is -0.368 e. The van der Waals surface area contributed by atoms with Crippen LogP contribution in [0.4, 0.5) is 0 Å². The Kier molecular flexibility index (Phi) is 5.94. The number of hydrogen-bond donors (Lipinski definition) is 1. The van der Waals surface area contributed by atoms with Gasteiger partial charge >= 0.3 is 0 Å². The Morgan fingerprint density at radius 3 is 2.22 bits per heavy atom. The van der Waals surface area contributed by atoms with Crippen molar-refractivity contribution in [2.75, 3.05) is 0 Å². The van der Waals surface area contributed by atoms with Crippen molar-refractivity contribution in [3.05, 3.63) is 95.1 Å². The number of carbonyl (C=O) groups is 1. The highest BCUT2D eigenvalue weighted by Crippen LogP contribution is 2.26. The number of rotatable bonds is 7. The van der Waals surface area contributed by atoms with Crippen molar-refractivity contribution < 1.29 is 4.79 Å². The van der Waals surface area contributed by atoms with Gasteiger partial charge in [-0.15, -0.1) is 0 Å². The Hall–Kier alpha value is -3.05. The smallest absolute Gasteiger partial charge is 0.239 e. The summed E-state index contributed by atoms with van der Waals surface area (Å²) in [5.74, 6) is -0.363. The van der Waals surface area contributed by atoms with Crippen molar-refractivity contribution in [2.45, 2.75) is 33.0 Å². The lowest BCUT2D eigenvalue weighted by molar-refractivity contribution is -0.124. The number of pyridine rings is 2. The zero-order valence-corrected chi connectivity index (χ0v) is 15.7. The van der Waals surface area contributed by atoms with Gasteiger partial charge in [-0.25, -0.2) is 0 Å². The van der Waals surface area contributed by atoms with Gasteiger partial charge < -0.3 is 5.73 Å². The molecule has 0 spiro atoms. The van der Waals surface area contributed by atoms with Crippen molar-refractivity contribution in [1.82, 2.24) is 14.9 Å². The Morgan fingerprint density at radius 1 is 0.963 bits per heavy atom. The summed E-state index contributed by atoms with van der Waals surface area (Å²) in [5.41, 5.74) is 11.1. The largest absolute Gasteiger partial charge is 0.368 e. The van der Waals surface area contributed by atoms with Crippen molar-refractivity contribution in [3.63, 3.8) is 0 Å². The molecule has 3 rings (SSSR count). The second kappa shape index (κ2) is 8.56. The number of aromatic nitrogens is 2. The van der Waals surface area contributed by atoms with E-state index in [0.29, 0.717) is 13.1 Å². The molecule has 0 aliphatic rings. The van der Waals surface area contributed by atoms with E-state index in [-0.39, 0.29) is 5.91 Å². The molecular formula is C22H24N4O. The highest BCUT2D eigenvalue weighted by Gasteiger charge is 2.26. The van der Waals surface area contributed by atoms with Crippen LogP contribution in [0.25, 0.3) is 0 Å². The first-order chi connectivity index (χ1) is 13.0. The first kappa shape index (κ1) is 18.7.